The molecule has 0 aliphatic rings. The maximum absolute atomic E-state index is 12.0. The van der Waals surface area contributed by atoms with Crippen LogP contribution in [0, 0.1) is 13.8 Å². The molecule has 0 spiro atoms. The highest BCUT2D eigenvalue weighted by Gasteiger charge is 2.16. The predicted octanol–water partition coefficient (Wildman–Crippen LogP) is 3.53. The van der Waals surface area contributed by atoms with Crippen LogP contribution in [0.2, 0.25) is 0 Å². The topological polar surface area (TPSA) is 63.2 Å². The lowest BCUT2D eigenvalue weighted by Gasteiger charge is -2.05. The molecule has 126 valence electrons. The lowest BCUT2D eigenvalue weighted by Crippen LogP contribution is -2.18. The Morgan fingerprint density at radius 3 is 2.42 bits per heavy atom. The third-order valence-corrected chi connectivity index (χ3v) is 5.07. The van der Waals surface area contributed by atoms with Crippen LogP contribution in [0.3, 0.4) is 0 Å². The molecule has 0 radical (unpaired) electrons. The summed E-state index contributed by atoms with van der Waals surface area (Å²) in [5, 5.41) is 3.04. The molecule has 0 unspecified atom stereocenters. The molecule has 1 N–H and O–H groups in total. The average molecular weight is 343 g/mol. The van der Waals surface area contributed by atoms with Crippen molar-refractivity contribution in [2.75, 3.05) is 16.8 Å². The molecule has 0 aromatic heterocycles. The molecule has 0 fully saturated rings. The molecule has 0 saturated heterocycles. The summed E-state index contributed by atoms with van der Waals surface area (Å²) in [4.78, 5) is 12.0. The lowest BCUT2D eigenvalue weighted by molar-refractivity contribution is 0.102. The summed E-state index contributed by atoms with van der Waals surface area (Å²) in [6.07, 6.45) is 3.11. The lowest BCUT2D eigenvalue weighted by atomic mass is 10.1. The molecule has 0 aliphatic heterocycles. The van der Waals surface area contributed by atoms with Crippen LogP contribution in [0.15, 0.2) is 60.8 Å². The van der Waals surface area contributed by atoms with Crippen LogP contribution in [0.4, 0.5) is 5.69 Å². The average Bonchev–Trinajstić information content (AvgIpc) is 2.55. The number of carbonyl (C=O) groups excluding carboxylic acids is 1. The van der Waals surface area contributed by atoms with E-state index in [4.69, 9.17) is 0 Å². The van der Waals surface area contributed by atoms with Crippen molar-refractivity contribution in [1.29, 1.82) is 0 Å². The van der Waals surface area contributed by atoms with Crippen LogP contribution in [0.5, 0.6) is 0 Å². The molecule has 0 aliphatic carbocycles. The van der Waals surface area contributed by atoms with Crippen molar-refractivity contribution in [2.45, 2.75) is 13.8 Å². The number of carbonyl (C=O) groups is 1. The first-order valence-corrected chi connectivity index (χ1v) is 9.47. The molecule has 0 bridgehead atoms. The molecule has 0 atom stereocenters. The third-order valence-electron chi connectivity index (χ3n) is 3.67. The minimum absolute atomic E-state index is 0.177. The third kappa shape index (κ3) is 5.35. The second kappa shape index (κ2) is 7.93. The van der Waals surface area contributed by atoms with Gasteiger partial charge in [-0.25, -0.2) is 8.42 Å². The van der Waals surface area contributed by atoms with Crippen molar-refractivity contribution in [3.63, 3.8) is 0 Å². The molecule has 5 heteroatoms. The fourth-order valence-electron chi connectivity index (χ4n) is 2.15. The number of hydrogen-bond donors (Lipinski definition) is 1. The normalized spacial score (nSPS) is 11.6. The van der Waals surface area contributed by atoms with E-state index in [9.17, 15) is 13.2 Å². The van der Waals surface area contributed by atoms with E-state index in [1.54, 1.807) is 36.5 Å². The summed E-state index contributed by atoms with van der Waals surface area (Å²) in [7, 11) is -3.47. The summed E-state index contributed by atoms with van der Waals surface area (Å²) in [6, 6.07) is 14.4. The van der Waals surface area contributed by atoms with E-state index in [1.807, 2.05) is 32.0 Å². The number of anilines is 1. The highest BCUT2D eigenvalue weighted by Crippen LogP contribution is 2.14. The van der Waals surface area contributed by atoms with Crippen LogP contribution in [-0.4, -0.2) is 25.7 Å². The Morgan fingerprint density at radius 1 is 1.04 bits per heavy atom. The summed E-state index contributed by atoms with van der Waals surface area (Å²) in [6.45, 7) is 4.05. The Labute approximate surface area is 143 Å². The van der Waals surface area contributed by atoms with E-state index >= 15 is 0 Å². The van der Waals surface area contributed by atoms with E-state index in [-0.39, 0.29) is 11.5 Å². The fraction of sp³-hybridized carbons (Fsp3) is 0.211. The monoisotopic (exact) mass is 343 g/mol. The molecule has 2 rings (SSSR count). The summed E-state index contributed by atoms with van der Waals surface area (Å²) >= 11 is 0. The summed E-state index contributed by atoms with van der Waals surface area (Å²) in [5.41, 5.74) is 3.67. The van der Waals surface area contributed by atoms with Crippen LogP contribution >= 0.6 is 0 Å². The van der Waals surface area contributed by atoms with Crippen molar-refractivity contribution in [3.05, 3.63) is 77.5 Å². The van der Waals surface area contributed by atoms with Gasteiger partial charge in [-0.1, -0.05) is 42.5 Å². The maximum atomic E-state index is 12.0. The number of nitrogens with one attached hydrogen (secondary N) is 1. The fourth-order valence-corrected chi connectivity index (χ4v) is 3.22. The summed E-state index contributed by atoms with van der Waals surface area (Å²) < 4.78 is 24.0. The van der Waals surface area contributed by atoms with Gasteiger partial charge in [0.15, 0.2) is 15.6 Å². The first-order valence-electron chi connectivity index (χ1n) is 7.65. The van der Waals surface area contributed by atoms with Crippen molar-refractivity contribution in [3.8, 4) is 0 Å². The van der Waals surface area contributed by atoms with Crippen LogP contribution < -0.4 is 5.32 Å². The zero-order chi connectivity index (χ0) is 17.6. The molecule has 24 heavy (non-hydrogen) atoms. The Hall–Kier alpha value is -2.40. The second-order valence-corrected chi connectivity index (χ2v) is 7.80. The first-order chi connectivity index (χ1) is 11.4. The molecular formula is C19H21NO3S. The van der Waals surface area contributed by atoms with Gasteiger partial charge >= 0.3 is 0 Å². The zero-order valence-corrected chi connectivity index (χ0v) is 14.6. The standard InChI is InChI=1S/C19H21NO3S/c1-15-9-10-18(13-16(15)2)20-11-6-12-24(22,23)14-19(21)17-7-4-3-5-8-17/h3-11,13,20H,12,14H2,1-2H3. The van der Waals surface area contributed by atoms with Crippen molar-refractivity contribution in [2.24, 2.45) is 0 Å². The van der Waals surface area contributed by atoms with E-state index in [0.29, 0.717) is 5.56 Å². The highest BCUT2D eigenvalue weighted by atomic mass is 32.2. The van der Waals surface area contributed by atoms with E-state index in [2.05, 4.69) is 5.32 Å². The van der Waals surface area contributed by atoms with Gasteiger partial charge in [0.05, 0.1) is 5.75 Å². The number of aryl methyl sites for hydroxylation is 2. The minimum atomic E-state index is -3.47. The molecule has 4 nitrogen and oxygen atoms in total. The van der Waals surface area contributed by atoms with Crippen molar-refractivity contribution >= 4 is 21.3 Å². The molecular weight excluding hydrogens is 322 g/mol. The quantitative estimate of drug-likeness (QED) is 0.781. The number of Topliss-reactive ketones (excluding diaryl/α,β-unsaturated/α-hetero) is 1. The van der Waals surface area contributed by atoms with Gasteiger partial charge in [-0.05, 0) is 43.3 Å². The van der Waals surface area contributed by atoms with Crippen molar-refractivity contribution < 1.29 is 13.2 Å². The van der Waals surface area contributed by atoms with Gasteiger partial charge in [0.25, 0.3) is 0 Å². The smallest absolute Gasteiger partial charge is 0.177 e. The van der Waals surface area contributed by atoms with Gasteiger partial charge < -0.3 is 5.32 Å². The van der Waals surface area contributed by atoms with Crippen LogP contribution in [-0.2, 0) is 9.84 Å². The van der Waals surface area contributed by atoms with E-state index in [1.165, 1.54) is 11.6 Å². The Balaban J connectivity index is 1.90. The van der Waals surface area contributed by atoms with Gasteiger partial charge in [-0.2, -0.15) is 0 Å². The van der Waals surface area contributed by atoms with Gasteiger partial charge in [0.1, 0.15) is 5.75 Å². The molecule has 2 aromatic carbocycles. The second-order valence-electron chi connectivity index (χ2n) is 5.69. The van der Waals surface area contributed by atoms with Crippen LogP contribution in [0.1, 0.15) is 21.5 Å². The van der Waals surface area contributed by atoms with Gasteiger partial charge in [-0.15, -0.1) is 0 Å². The first kappa shape index (κ1) is 17.9. The van der Waals surface area contributed by atoms with Gasteiger partial charge in [-0.3, -0.25) is 4.79 Å². The number of rotatable bonds is 7. The largest absolute Gasteiger partial charge is 0.362 e. The Bertz CT molecular complexity index is 840. The maximum Gasteiger partial charge on any atom is 0.177 e. The molecule has 0 saturated carbocycles. The molecule has 2 aromatic rings. The highest BCUT2D eigenvalue weighted by molar-refractivity contribution is 7.92. The minimum Gasteiger partial charge on any atom is -0.362 e. The van der Waals surface area contributed by atoms with E-state index in [0.717, 1.165) is 11.3 Å². The summed E-state index contributed by atoms with van der Waals surface area (Å²) in [5.74, 6) is -1.04. The number of hydrogen-bond acceptors (Lipinski definition) is 4. The molecule has 0 heterocycles. The molecule has 0 amide bonds. The Kier molecular flexibility index (Phi) is 5.93. The van der Waals surface area contributed by atoms with Crippen LogP contribution in [0.25, 0.3) is 0 Å². The van der Waals surface area contributed by atoms with Gasteiger partial charge in [0, 0.05) is 11.3 Å². The SMILES string of the molecule is Cc1ccc(NC=CCS(=O)(=O)CC(=O)c2ccccc2)cc1C. The number of ketones is 1. The Morgan fingerprint density at radius 2 is 1.75 bits per heavy atom. The number of benzene rings is 2. The van der Waals surface area contributed by atoms with Gasteiger partial charge in [0.2, 0.25) is 0 Å². The van der Waals surface area contributed by atoms with E-state index < -0.39 is 15.6 Å². The zero-order valence-electron chi connectivity index (χ0n) is 13.8. The predicted molar refractivity (Wildman–Crippen MR) is 98.1 cm³/mol. The number of sulfone groups is 1. The van der Waals surface area contributed by atoms with Crippen molar-refractivity contribution in [1.82, 2.24) is 0 Å².